The van der Waals surface area contributed by atoms with Gasteiger partial charge in [0.2, 0.25) is 10.7 Å². The molecule has 1 aromatic carbocycles. The normalized spacial score (nSPS) is 17.2. The maximum absolute atomic E-state index is 12.4. The van der Waals surface area contributed by atoms with Gasteiger partial charge in [0.15, 0.2) is 0 Å². The van der Waals surface area contributed by atoms with Gasteiger partial charge in [0.1, 0.15) is 6.33 Å². The van der Waals surface area contributed by atoms with Gasteiger partial charge in [0.05, 0.1) is 6.67 Å². The van der Waals surface area contributed by atoms with Gasteiger partial charge in [-0.25, -0.2) is 4.68 Å². The summed E-state index contributed by atoms with van der Waals surface area (Å²) in [5, 5.41) is 7.60. The highest BCUT2D eigenvalue weighted by Gasteiger charge is 2.26. The molecule has 7 heteroatoms. The zero-order valence-electron chi connectivity index (χ0n) is 16.3. The molecule has 0 saturated carbocycles. The number of carbonyl (C=O) groups is 1. The third-order valence-corrected chi connectivity index (χ3v) is 5.84. The van der Waals surface area contributed by atoms with Crippen molar-refractivity contribution in [3.8, 4) is 5.69 Å². The van der Waals surface area contributed by atoms with E-state index in [9.17, 15) is 4.79 Å². The first kappa shape index (κ1) is 19.8. The number of piperidine rings is 1. The van der Waals surface area contributed by atoms with E-state index >= 15 is 0 Å². The molecule has 0 spiro atoms. The summed E-state index contributed by atoms with van der Waals surface area (Å²) in [6.45, 7) is 8.76. The highest BCUT2D eigenvalue weighted by atomic mass is 32.1. The van der Waals surface area contributed by atoms with Crippen molar-refractivity contribution >= 4 is 18.1 Å². The molecule has 0 radical (unpaired) electrons. The fourth-order valence-electron chi connectivity index (χ4n) is 3.23. The lowest BCUT2D eigenvalue weighted by Crippen LogP contribution is -2.44. The number of benzene rings is 1. The van der Waals surface area contributed by atoms with Gasteiger partial charge >= 0.3 is 0 Å². The van der Waals surface area contributed by atoms with Crippen LogP contribution in [0.2, 0.25) is 0 Å². The Bertz CT molecular complexity index is 805. The van der Waals surface area contributed by atoms with E-state index < -0.39 is 0 Å². The van der Waals surface area contributed by atoms with Gasteiger partial charge in [-0.3, -0.25) is 14.3 Å². The second-order valence-electron chi connectivity index (χ2n) is 7.69. The first-order valence-corrected chi connectivity index (χ1v) is 10.1. The van der Waals surface area contributed by atoms with Gasteiger partial charge in [-0.2, -0.15) is 5.10 Å². The molecule has 1 aromatic heterocycles. The molecule has 1 fully saturated rings. The summed E-state index contributed by atoms with van der Waals surface area (Å²) in [6.07, 6.45) is 3.53. The van der Waals surface area contributed by atoms with Crippen molar-refractivity contribution in [1.82, 2.24) is 24.6 Å². The van der Waals surface area contributed by atoms with E-state index in [1.165, 1.54) is 0 Å². The molecule has 3 rings (SSSR count). The predicted octanol–water partition coefficient (Wildman–Crippen LogP) is 3.23. The number of nitrogens with one attached hydrogen (secondary N) is 1. The summed E-state index contributed by atoms with van der Waals surface area (Å²) in [7, 11) is 0. The lowest BCUT2D eigenvalue weighted by atomic mass is 9.95. The van der Waals surface area contributed by atoms with E-state index in [0.717, 1.165) is 31.6 Å². The fourth-order valence-corrected chi connectivity index (χ4v) is 3.49. The second-order valence-corrected chi connectivity index (χ2v) is 8.06. The standard InChI is InChI=1S/C20H29N5OS/c1-15(2)16(3)22-19(26)17-9-11-23(12-10-17)14-25-20(27)24(13-21-25)18-7-5-4-6-8-18/h4-8,13,15-17H,9-12,14H2,1-3H3,(H,22,26). The number of likely N-dealkylation sites (tertiary alicyclic amines) is 1. The largest absolute Gasteiger partial charge is 0.353 e. The molecular weight excluding hydrogens is 358 g/mol. The van der Waals surface area contributed by atoms with Crippen LogP contribution < -0.4 is 5.32 Å². The topological polar surface area (TPSA) is 55.1 Å². The summed E-state index contributed by atoms with van der Waals surface area (Å²) in [6, 6.07) is 10.2. The monoisotopic (exact) mass is 387 g/mol. The smallest absolute Gasteiger partial charge is 0.223 e. The van der Waals surface area contributed by atoms with Crippen molar-refractivity contribution in [3.05, 3.63) is 41.4 Å². The van der Waals surface area contributed by atoms with E-state index in [0.29, 0.717) is 17.4 Å². The van der Waals surface area contributed by atoms with E-state index in [1.807, 2.05) is 39.6 Å². The number of aromatic nitrogens is 3. The minimum absolute atomic E-state index is 0.109. The summed E-state index contributed by atoms with van der Waals surface area (Å²) in [5.74, 6) is 0.758. The van der Waals surface area contributed by atoms with Crippen molar-refractivity contribution in [2.75, 3.05) is 13.1 Å². The van der Waals surface area contributed by atoms with Crippen LogP contribution in [0.25, 0.3) is 5.69 Å². The number of nitrogens with zero attached hydrogens (tertiary/aromatic N) is 4. The SMILES string of the molecule is CC(C)C(C)NC(=O)C1CCN(Cn2ncn(-c3ccccc3)c2=S)CC1. The van der Waals surface area contributed by atoms with Gasteiger partial charge < -0.3 is 5.32 Å². The molecule has 1 saturated heterocycles. The van der Waals surface area contributed by atoms with E-state index in [-0.39, 0.29) is 17.9 Å². The summed E-state index contributed by atoms with van der Waals surface area (Å²) < 4.78 is 4.46. The van der Waals surface area contributed by atoms with Crippen molar-refractivity contribution in [3.63, 3.8) is 0 Å². The zero-order chi connectivity index (χ0) is 19.4. The van der Waals surface area contributed by atoms with Crippen molar-refractivity contribution < 1.29 is 4.79 Å². The van der Waals surface area contributed by atoms with E-state index in [4.69, 9.17) is 12.2 Å². The Hall–Kier alpha value is -1.99. The van der Waals surface area contributed by atoms with Gasteiger partial charge in [-0.15, -0.1) is 0 Å². The minimum Gasteiger partial charge on any atom is -0.353 e. The second kappa shape index (κ2) is 8.80. The molecule has 1 amide bonds. The number of para-hydroxylation sites is 1. The Labute approximate surface area is 166 Å². The Morgan fingerprint density at radius 3 is 2.52 bits per heavy atom. The molecule has 2 heterocycles. The van der Waals surface area contributed by atoms with Gasteiger partial charge in [-0.05, 0) is 50.0 Å². The molecule has 0 aliphatic carbocycles. The maximum atomic E-state index is 12.4. The van der Waals surface area contributed by atoms with Crippen LogP contribution in [-0.4, -0.2) is 44.3 Å². The van der Waals surface area contributed by atoms with Gasteiger partial charge in [0.25, 0.3) is 0 Å². The molecule has 27 heavy (non-hydrogen) atoms. The predicted molar refractivity (Wildman–Crippen MR) is 109 cm³/mol. The summed E-state index contributed by atoms with van der Waals surface area (Å²) in [4.78, 5) is 14.7. The summed E-state index contributed by atoms with van der Waals surface area (Å²) in [5.41, 5.74) is 1.02. The minimum atomic E-state index is 0.109. The molecule has 1 atom stereocenters. The molecule has 1 aliphatic rings. The molecule has 1 aliphatic heterocycles. The first-order chi connectivity index (χ1) is 13.0. The number of amides is 1. The molecule has 6 nitrogen and oxygen atoms in total. The average molecular weight is 388 g/mol. The van der Waals surface area contributed by atoms with Crippen LogP contribution in [0, 0.1) is 16.6 Å². The Morgan fingerprint density at radius 1 is 1.22 bits per heavy atom. The fraction of sp³-hybridized carbons (Fsp3) is 0.550. The number of rotatable bonds is 6. The van der Waals surface area contributed by atoms with Gasteiger partial charge in [0, 0.05) is 30.7 Å². The molecule has 2 aromatic rings. The lowest BCUT2D eigenvalue weighted by Gasteiger charge is -2.31. The van der Waals surface area contributed by atoms with Gasteiger partial charge in [-0.1, -0.05) is 32.0 Å². The third-order valence-electron chi connectivity index (χ3n) is 5.43. The Morgan fingerprint density at radius 2 is 1.89 bits per heavy atom. The summed E-state index contributed by atoms with van der Waals surface area (Å²) >= 11 is 5.58. The highest BCUT2D eigenvalue weighted by Crippen LogP contribution is 2.19. The van der Waals surface area contributed by atoms with Crippen molar-refractivity contribution in [1.29, 1.82) is 0 Å². The van der Waals surface area contributed by atoms with Crippen LogP contribution in [0.5, 0.6) is 0 Å². The van der Waals surface area contributed by atoms with Crippen LogP contribution in [-0.2, 0) is 11.5 Å². The molecule has 0 bridgehead atoms. The Kier molecular flexibility index (Phi) is 6.44. The number of hydrogen-bond acceptors (Lipinski definition) is 4. The molecular formula is C20H29N5OS. The molecule has 1 unspecified atom stereocenters. The van der Waals surface area contributed by atoms with Crippen LogP contribution in [0.15, 0.2) is 36.7 Å². The molecule has 1 N–H and O–H groups in total. The molecule has 146 valence electrons. The van der Waals surface area contributed by atoms with Crippen LogP contribution in [0.1, 0.15) is 33.6 Å². The van der Waals surface area contributed by atoms with Crippen LogP contribution in [0.3, 0.4) is 0 Å². The van der Waals surface area contributed by atoms with Crippen LogP contribution in [0.4, 0.5) is 0 Å². The zero-order valence-corrected chi connectivity index (χ0v) is 17.2. The van der Waals surface area contributed by atoms with Crippen LogP contribution >= 0.6 is 12.2 Å². The number of carbonyl (C=O) groups excluding carboxylic acids is 1. The Balaban J connectivity index is 1.55. The third kappa shape index (κ3) is 4.84. The van der Waals surface area contributed by atoms with Crippen molar-refractivity contribution in [2.45, 2.75) is 46.3 Å². The highest BCUT2D eigenvalue weighted by molar-refractivity contribution is 7.71. The maximum Gasteiger partial charge on any atom is 0.223 e. The number of hydrogen-bond donors (Lipinski definition) is 1. The van der Waals surface area contributed by atoms with Crippen molar-refractivity contribution in [2.24, 2.45) is 11.8 Å². The van der Waals surface area contributed by atoms with E-state index in [2.05, 4.69) is 36.1 Å². The first-order valence-electron chi connectivity index (χ1n) is 9.68. The quantitative estimate of drug-likeness (QED) is 0.773. The van der Waals surface area contributed by atoms with E-state index in [1.54, 1.807) is 6.33 Å². The lowest BCUT2D eigenvalue weighted by molar-refractivity contribution is -0.127. The average Bonchev–Trinajstić information content (AvgIpc) is 3.03.